The fourth-order valence-electron chi connectivity index (χ4n) is 4.83. The Kier molecular flexibility index (Phi) is 10.0. The summed E-state index contributed by atoms with van der Waals surface area (Å²) in [5.41, 5.74) is 2.90. The molecule has 0 aliphatic heterocycles. The largest absolute Gasteiger partial charge is 0.352 e. The SMILES string of the molecule is CC[C@H](C(=O)NC1CCCCC1)N(Cc1ccc(Cl)cc1)C(=O)CN(c1cc(C)ccc1C)S(C)(=O)=O. The number of hydrogen-bond acceptors (Lipinski definition) is 4. The van der Waals surface area contributed by atoms with Gasteiger partial charge in [-0.2, -0.15) is 0 Å². The van der Waals surface area contributed by atoms with E-state index in [-0.39, 0.29) is 18.5 Å². The van der Waals surface area contributed by atoms with E-state index in [1.807, 2.05) is 45.0 Å². The van der Waals surface area contributed by atoms with Crippen molar-refractivity contribution < 1.29 is 18.0 Å². The Balaban J connectivity index is 1.93. The van der Waals surface area contributed by atoms with Gasteiger partial charge in [-0.1, -0.05) is 62.1 Å². The van der Waals surface area contributed by atoms with Gasteiger partial charge < -0.3 is 10.2 Å². The maximum atomic E-state index is 13.9. The lowest BCUT2D eigenvalue weighted by Gasteiger charge is -2.34. The predicted molar refractivity (Wildman–Crippen MR) is 149 cm³/mol. The van der Waals surface area contributed by atoms with E-state index in [0.717, 1.165) is 52.9 Å². The molecule has 1 N–H and O–H groups in total. The number of anilines is 1. The molecule has 202 valence electrons. The van der Waals surface area contributed by atoms with Gasteiger partial charge in [-0.25, -0.2) is 8.42 Å². The van der Waals surface area contributed by atoms with E-state index >= 15 is 0 Å². The van der Waals surface area contributed by atoms with Crippen LogP contribution >= 0.6 is 11.6 Å². The van der Waals surface area contributed by atoms with Crippen molar-refractivity contribution in [1.29, 1.82) is 0 Å². The highest BCUT2D eigenvalue weighted by Crippen LogP contribution is 2.25. The summed E-state index contributed by atoms with van der Waals surface area (Å²) in [6, 6.07) is 12.0. The molecule has 2 aromatic carbocycles. The van der Waals surface area contributed by atoms with Crippen LogP contribution in [-0.4, -0.2) is 50.0 Å². The molecule has 0 bridgehead atoms. The lowest BCUT2D eigenvalue weighted by Crippen LogP contribution is -2.54. The third-order valence-corrected chi connectivity index (χ3v) is 8.29. The van der Waals surface area contributed by atoms with E-state index < -0.39 is 28.5 Å². The van der Waals surface area contributed by atoms with Crippen molar-refractivity contribution >= 4 is 39.1 Å². The van der Waals surface area contributed by atoms with Gasteiger partial charge in [-0.15, -0.1) is 0 Å². The molecule has 0 aromatic heterocycles. The van der Waals surface area contributed by atoms with E-state index in [1.54, 1.807) is 18.2 Å². The maximum Gasteiger partial charge on any atom is 0.244 e. The van der Waals surface area contributed by atoms with Crippen LogP contribution in [0.25, 0.3) is 0 Å². The second-order valence-corrected chi connectivity index (χ2v) is 12.3. The molecule has 37 heavy (non-hydrogen) atoms. The quantitative estimate of drug-likeness (QED) is 0.454. The fraction of sp³-hybridized carbons (Fsp3) is 0.500. The van der Waals surface area contributed by atoms with Gasteiger partial charge in [0.15, 0.2) is 0 Å². The van der Waals surface area contributed by atoms with Gasteiger partial charge >= 0.3 is 0 Å². The minimum Gasteiger partial charge on any atom is -0.352 e. The summed E-state index contributed by atoms with van der Waals surface area (Å²) >= 11 is 6.06. The van der Waals surface area contributed by atoms with Crippen LogP contribution in [0, 0.1) is 13.8 Å². The van der Waals surface area contributed by atoms with Gasteiger partial charge in [0, 0.05) is 17.6 Å². The van der Waals surface area contributed by atoms with E-state index in [2.05, 4.69) is 5.32 Å². The molecule has 9 heteroatoms. The average Bonchev–Trinajstić information content (AvgIpc) is 2.85. The third-order valence-electron chi connectivity index (χ3n) is 6.92. The molecule has 0 spiro atoms. The van der Waals surface area contributed by atoms with Crippen LogP contribution in [0.2, 0.25) is 5.02 Å². The molecule has 1 fully saturated rings. The molecule has 0 radical (unpaired) electrons. The predicted octanol–water partition coefficient (Wildman–Crippen LogP) is 4.98. The molecular weight excluding hydrogens is 510 g/mol. The fourth-order valence-corrected chi connectivity index (χ4v) is 5.86. The number of sulfonamides is 1. The molecule has 1 aliphatic carbocycles. The van der Waals surface area contributed by atoms with Crippen molar-refractivity contribution in [2.45, 2.75) is 77.9 Å². The molecule has 7 nitrogen and oxygen atoms in total. The summed E-state index contributed by atoms with van der Waals surface area (Å²) in [6.45, 7) is 5.32. The van der Waals surface area contributed by atoms with Crippen LogP contribution in [0.5, 0.6) is 0 Å². The molecule has 3 rings (SSSR count). The molecule has 1 aliphatic rings. The Morgan fingerprint density at radius 1 is 1.05 bits per heavy atom. The number of carbonyl (C=O) groups is 2. The summed E-state index contributed by atoms with van der Waals surface area (Å²) in [6.07, 6.45) is 6.69. The summed E-state index contributed by atoms with van der Waals surface area (Å²) in [5.74, 6) is -0.638. The average molecular weight is 548 g/mol. The molecular formula is C28H38ClN3O4S. The van der Waals surface area contributed by atoms with E-state index in [0.29, 0.717) is 17.1 Å². The van der Waals surface area contributed by atoms with Crippen LogP contribution < -0.4 is 9.62 Å². The van der Waals surface area contributed by atoms with Gasteiger partial charge in [0.05, 0.1) is 11.9 Å². The Labute approximate surface area is 226 Å². The maximum absolute atomic E-state index is 13.9. The standard InChI is InChI=1S/C28H38ClN3O4S/c1-5-25(28(34)30-24-9-7-6-8-10-24)31(18-22-13-15-23(29)16-14-22)27(33)19-32(37(4,35)36)26-17-20(2)11-12-21(26)3/h11-17,24-25H,5-10,18-19H2,1-4H3,(H,30,34)/t25-/m1/s1. The molecule has 0 heterocycles. The van der Waals surface area contributed by atoms with Crippen LogP contribution in [0.15, 0.2) is 42.5 Å². The van der Waals surface area contributed by atoms with Crippen LogP contribution in [0.4, 0.5) is 5.69 Å². The van der Waals surface area contributed by atoms with E-state index in [4.69, 9.17) is 11.6 Å². The van der Waals surface area contributed by atoms with Crippen molar-refractivity contribution in [3.63, 3.8) is 0 Å². The minimum atomic E-state index is -3.77. The first kappa shape index (κ1) is 29.0. The van der Waals surface area contributed by atoms with E-state index in [9.17, 15) is 18.0 Å². The molecule has 2 amide bonds. The minimum absolute atomic E-state index is 0.102. The number of amides is 2. The van der Waals surface area contributed by atoms with Gasteiger partial charge in [-0.3, -0.25) is 13.9 Å². The molecule has 0 saturated heterocycles. The summed E-state index contributed by atoms with van der Waals surface area (Å²) < 4.78 is 26.8. The zero-order valence-corrected chi connectivity index (χ0v) is 23.7. The molecule has 1 saturated carbocycles. The number of halogens is 1. The molecule has 2 aromatic rings. The Hall–Kier alpha value is -2.58. The lowest BCUT2D eigenvalue weighted by atomic mass is 9.95. The Morgan fingerprint density at radius 2 is 1.70 bits per heavy atom. The van der Waals surface area contributed by atoms with Crippen molar-refractivity contribution in [3.8, 4) is 0 Å². The van der Waals surface area contributed by atoms with Crippen molar-refractivity contribution in [3.05, 3.63) is 64.2 Å². The first-order valence-corrected chi connectivity index (χ1v) is 15.1. The Bertz CT molecular complexity index is 1190. The smallest absolute Gasteiger partial charge is 0.244 e. The number of rotatable bonds is 10. The zero-order valence-electron chi connectivity index (χ0n) is 22.2. The highest BCUT2D eigenvalue weighted by atomic mass is 35.5. The number of aryl methyl sites for hydroxylation is 2. The van der Waals surface area contributed by atoms with E-state index in [1.165, 1.54) is 11.3 Å². The second kappa shape index (κ2) is 12.8. The number of carbonyl (C=O) groups excluding carboxylic acids is 2. The molecule has 1 atom stereocenters. The second-order valence-electron chi connectivity index (χ2n) is 9.98. The lowest BCUT2D eigenvalue weighted by molar-refractivity contribution is -0.140. The van der Waals surface area contributed by atoms with Crippen LogP contribution in [-0.2, 0) is 26.2 Å². The van der Waals surface area contributed by atoms with Gasteiger partial charge in [0.1, 0.15) is 12.6 Å². The highest BCUT2D eigenvalue weighted by Gasteiger charge is 2.33. The third kappa shape index (κ3) is 7.95. The van der Waals surface area contributed by atoms with Crippen molar-refractivity contribution in [2.75, 3.05) is 17.1 Å². The summed E-state index contributed by atoms with van der Waals surface area (Å²) in [7, 11) is -3.77. The monoisotopic (exact) mass is 547 g/mol. The topological polar surface area (TPSA) is 86.8 Å². The van der Waals surface area contributed by atoms with Crippen molar-refractivity contribution in [1.82, 2.24) is 10.2 Å². The molecule has 0 unspecified atom stereocenters. The van der Waals surface area contributed by atoms with Crippen LogP contribution in [0.3, 0.4) is 0 Å². The number of hydrogen-bond donors (Lipinski definition) is 1. The summed E-state index contributed by atoms with van der Waals surface area (Å²) in [4.78, 5) is 28.8. The summed E-state index contributed by atoms with van der Waals surface area (Å²) in [5, 5.41) is 3.72. The van der Waals surface area contributed by atoms with Gasteiger partial charge in [0.25, 0.3) is 0 Å². The first-order chi connectivity index (χ1) is 17.5. The van der Waals surface area contributed by atoms with Gasteiger partial charge in [0.2, 0.25) is 21.8 Å². The zero-order chi connectivity index (χ0) is 27.2. The first-order valence-electron chi connectivity index (χ1n) is 12.9. The van der Waals surface area contributed by atoms with Crippen molar-refractivity contribution in [2.24, 2.45) is 0 Å². The van der Waals surface area contributed by atoms with Crippen LogP contribution in [0.1, 0.15) is 62.1 Å². The van der Waals surface area contributed by atoms with Gasteiger partial charge in [-0.05, 0) is 68.0 Å². The number of nitrogens with one attached hydrogen (secondary N) is 1. The number of benzene rings is 2. The normalized spacial score (nSPS) is 15.2. The number of nitrogens with zero attached hydrogens (tertiary/aromatic N) is 2. The highest BCUT2D eigenvalue weighted by molar-refractivity contribution is 7.92. The Morgan fingerprint density at radius 3 is 2.30 bits per heavy atom.